The van der Waals surface area contributed by atoms with Gasteiger partial charge in [0.25, 0.3) is 11.8 Å². The zero-order chi connectivity index (χ0) is 23.2. The van der Waals surface area contributed by atoms with Crippen LogP contribution in [0, 0.1) is 0 Å². The molecule has 3 aromatic rings. The molecule has 1 unspecified atom stereocenters. The van der Waals surface area contributed by atoms with Crippen molar-refractivity contribution >= 4 is 40.7 Å². The normalized spacial score (nSPS) is 15.4. The molecule has 2 aromatic carbocycles. The highest BCUT2D eigenvalue weighted by molar-refractivity contribution is 7.10. The third kappa shape index (κ3) is 5.27. The minimum absolute atomic E-state index is 0.0399. The number of nitrogens with one attached hydrogen (secondary N) is 1. The van der Waals surface area contributed by atoms with Gasteiger partial charge in [-0.3, -0.25) is 24.6 Å². The van der Waals surface area contributed by atoms with E-state index in [1.807, 2.05) is 17.5 Å². The highest BCUT2D eigenvalue weighted by atomic mass is 32.1. The van der Waals surface area contributed by atoms with Gasteiger partial charge in [0.2, 0.25) is 11.8 Å². The number of anilines is 1. The van der Waals surface area contributed by atoms with Crippen LogP contribution in [0.4, 0.5) is 5.69 Å². The van der Waals surface area contributed by atoms with Gasteiger partial charge in [0.1, 0.15) is 11.8 Å². The van der Waals surface area contributed by atoms with Gasteiger partial charge in [-0.25, -0.2) is 9.91 Å². The number of thiophene rings is 1. The summed E-state index contributed by atoms with van der Waals surface area (Å²) in [6.45, 7) is -0.410. The fraction of sp³-hybridized carbons (Fsp3) is 0.167. The van der Waals surface area contributed by atoms with Gasteiger partial charge in [-0.2, -0.15) is 0 Å². The highest BCUT2D eigenvalue weighted by Crippen LogP contribution is 2.25. The largest absolute Gasteiger partial charge is 0.484 e. The third-order valence-electron chi connectivity index (χ3n) is 4.98. The Labute approximate surface area is 194 Å². The number of hydrogen-bond acceptors (Lipinski definition) is 6. The molecule has 0 aliphatic carbocycles. The lowest BCUT2D eigenvalue weighted by atomic mass is 10.2. The Morgan fingerprint density at radius 3 is 2.36 bits per heavy atom. The molecule has 4 rings (SSSR count). The lowest BCUT2D eigenvalue weighted by Gasteiger charge is -2.27. The first-order valence-electron chi connectivity index (χ1n) is 10.3. The lowest BCUT2D eigenvalue weighted by Crippen LogP contribution is -2.56. The van der Waals surface area contributed by atoms with E-state index in [0.717, 1.165) is 14.8 Å². The Bertz CT molecular complexity index is 1140. The smallest absolute Gasteiger partial charge is 0.279 e. The van der Waals surface area contributed by atoms with Gasteiger partial charge in [-0.15, -0.1) is 11.3 Å². The summed E-state index contributed by atoms with van der Waals surface area (Å²) >= 11 is 1.41. The first-order valence-corrected chi connectivity index (χ1v) is 11.1. The lowest BCUT2D eigenvalue weighted by molar-refractivity contribution is -0.148. The van der Waals surface area contributed by atoms with Crippen molar-refractivity contribution in [2.45, 2.75) is 18.9 Å². The monoisotopic (exact) mass is 463 g/mol. The molecule has 0 spiro atoms. The summed E-state index contributed by atoms with van der Waals surface area (Å²) in [6.07, 6.45) is -0.206. The van der Waals surface area contributed by atoms with Crippen LogP contribution in [-0.4, -0.2) is 41.3 Å². The Hall–Kier alpha value is -3.98. The van der Waals surface area contributed by atoms with Crippen molar-refractivity contribution in [1.29, 1.82) is 0 Å². The van der Waals surface area contributed by atoms with Gasteiger partial charge in [0.05, 0.1) is 18.5 Å². The third-order valence-corrected chi connectivity index (χ3v) is 5.86. The van der Waals surface area contributed by atoms with Gasteiger partial charge in [-0.05, 0) is 35.7 Å². The molecule has 2 heterocycles. The number of imide groups is 1. The van der Waals surface area contributed by atoms with E-state index in [4.69, 9.17) is 4.74 Å². The molecular weight excluding hydrogens is 442 g/mol. The molecule has 1 fully saturated rings. The molecule has 4 amide bonds. The summed E-state index contributed by atoms with van der Waals surface area (Å²) in [5.41, 5.74) is 2.94. The molecule has 1 saturated heterocycles. The number of hydrogen-bond donors (Lipinski definition) is 1. The zero-order valence-corrected chi connectivity index (χ0v) is 18.4. The summed E-state index contributed by atoms with van der Waals surface area (Å²) in [5.74, 6) is -1.68. The summed E-state index contributed by atoms with van der Waals surface area (Å²) < 4.78 is 5.52. The topological polar surface area (TPSA) is 96.0 Å². The second kappa shape index (κ2) is 10.1. The van der Waals surface area contributed by atoms with Gasteiger partial charge in [0.15, 0.2) is 6.61 Å². The van der Waals surface area contributed by atoms with Crippen LogP contribution in [-0.2, 0) is 25.6 Å². The van der Waals surface area contributed by atoms with Crippen LogP contribution in [0.3, 0.4) is 0 Å². The van der Waals surface area contributed by atoms with Crippen molar-refractivity contribution in [2.24, 2.45) is 0 Å². The van der Waals surface area contributed by atoms with Crippen molar-refractivity contribution in [3.63, 3.8) is 0 Å². The quantitative estimate of drug-likeness (QED) is 0.429. The number of carbonyl (C=O) groups excluding carboxylic acids is 4. The van der Waals surface area contributed by atoms with Crippen molar-refractivity contribution in [2.75, 3.05) is 11.5 Å². The predicted molar refractivity (Wildman–Crippen MR) is 122 cm³/mol. The van der Waals surface area contributed by atoms with E-state index >= 15 is 0 Å². The standard InChI is InChI=1S/C24H21N3O5S/c28-21(14-19-12-7-13-33-19)25-27(23(30)16-32-18-10-5-2-6-11-18)20-15-22(29)26(24(20)31)17-8-3-1-4-9-17/h1-13,20H,14-16H2,(H,25,28). The van der Waals surface area contributed by atoms with Crippen molar-refractivity contribution in [3.05, 3.63) is 83.1 Å². The second-order valence-electron chi connectivity index (χ2n) is 7.28. The molecule has 1 aliphatic rings. The Morgan fingerprint density at radius 2 is 1.70 bits per heavy atom. The average Bonchev–Trinajstić information content (AvgIpc) is 3.44. The van der Waals surface area contributed by atoms with E-state index in [2.05, 4.69) is 5.43 Å². The van der Waals surface area contributed by atoms with E-state index in [-0.39, 0.29) is 12.8 Å². The molecule has 0 bridgehead atoms. The maximum absolute atomic E-state index is 13.2. The van der Waals surface area contributed by atoms with E-state index in [9.17, 15) is 19.2 Å². The van der Waals surface area contributed by atoms with E-state index < -0.39 is 36.3 Å². The van der Waals surface area contributed by atoms with E-state index in [1.54, 1.807) is 60.7 Å². The van der Waals surface area contributed by atoms with Crippen LogP contribution in [0.1, 0.15) is 11.3 Å². The van der Waals surface area contributed by atoms with Crippen LogP contribution >= 0.6 is 11.3 Å². The second-order valence-corrected chi connectivity index (χ2v) is 8.31. The summed E-state index contributed by atoms with van der Waals surface area (Å²) in [5, 5.41) is 2.78. The van der Waals surface area contributed by atoms with E-state index in [0.29, 0.717) is 11.4 Å². The van der Waals surface area contributed by atoms with Gasteiger partial charge < -0.3 is 4.74 Å². The predicted octanol–water partition coefficient (Wildman–Crippen LogP) is 2.56. The Kier molecular flexibility index (Phi) is 6.80. The Balaban J connectivity index is 1.53. The van der Waals surface area contributed by atoms with Crippen molar-refractivity contribution in [1.82, 2.24) is 10.4 Å². The minimum Gasteiger partial charge on any atom is -0.484 e. The van der Waals surface area contributed by atoms with Gasteiger partial charge >= 0.3 is 0 Å². The molecule has 1 N–H and O–H groups in total. The Morgan fingerprint density at radius 1 is 1.00 bits per heavy atom. The molecule has 8 nitrogen and oxygen atoms in total. The minimum atomic E-state index is -1.17. The first-order chi connectivity index (χ1) is 16.0. The fourth-order valence-electron chi connectivity index (χ4n) is 3.46. The van der Waals surface area contributed by atoms with Crippen molar-refractivity contribution < 1.29 is 23.9 Å². The number of ether oxygens (including phenoxy) is 1. The summed E-state index contributed by atoms with van der Waals surface area (Å²) in [7, 11) is 0. The maximum Gasteiger partial charge on any atom is 0.279 e. The maximum atomic E-state index is 13.2. The van der Waals surface area contributed by atoms with Crippen LogP contribution in [0.2, 0.25) is 0 Å². The molecule has 33 heavy (non-hydrogen) atoms. The number of rotatable bonds is 7. The SMILES string of the molecule is O=C(Cc1cccs1)NN(C(=O)COc1ccccc1)C1CC(=O)N(c2ccccc2)C1=O. The van der Waals surface area contributed by atoms with Gasteiger partial charge in [-0.1, -0.05) is 42.5 Å². The number of benzene rings is 2. The highest BCUT2D eigenvalue weighted by Gasteiger charge is 2.45. The molecule has 1 atom stereocenters. The van der Waals surface area contributed by atoms with Crippen LogP contribution < -0.4 is 15.1 Å². The number of carbonyl (C=O) groups is 4. The zero-order valence-electron chi connectivity index (χ0n) is 17.5. The molecule has 1 aromatic heterocycles. The summed E-state index contributed by atoms with van der Waals surface area (Å²) in [6, 6.07) is 19.6. The number of amides is 4. The molecule has 9 heteroatoms. The molecule has 1 aliphatic heterocycles. The molecule has 0 radical (unpaired) electrons. The van der Waals surface area contributed by atoms with Gasteiger partial charge in [0, 0.05) is 4.88 Å². The molecule has 0 saturated carbocycles. The molecule has 168 valence electrons. The fourth-order valence-corrected chi connectivity index (χ4v) is 4.16. The summed E-state index contributed by atoms with van der Waals surface area (Å²) in [4.78, 5) is 53.4. The number of hydrazine groups is 1. The van der Waals surface area contributed by atoms with Crippen LogP contribution in [0.25, 0.3) is 0 Å². The van der Waals surface area contributed by atoms with Crippen molar-refractivity contribution in [3.8, 4) is 5.75 Å². The van der Waals surface area contributed by atoms with E-state index in [1.165, 1.54) is 11.3 Å². The average molecular weight is 464 g/mol. The molecular formula is C24H21N3O5S. The van der Waals surface area contributed by atoms with Crippen LogP contribution in [0.15, 0.2) is 78.2 Å². The number of nitrogens with zero attached hydrogens (tertiary/aromatic N) is 2. The van der Waals surface area contributed by atoms with Crippen LogP contribution in [0.5, 0.6) is 5.75 Å². The number of para-hydroxylation sites is 2. The first kappa shape index (κ1) is 22.2.